The van der Waals surface area contributed by atoms with E-state index in [1.807, 2.05) is 17.7 Å². The summed E-state index contributed by atoms with van der Waals surface area (Å²) in [4.78, 5) is 4.29. The fourth-order valence-corrected chi connectivity index (χ4v) is 1.79. The molecule has 0 bridgehead atoms. The first-order valence-electron chi connectivity index (χ1n) is 5.47. The Morgan fingerprint density at radius 2 is 2.33 bits per heavy atom. The lowest BCUT2D eigenvalue weighted by Gasteiger charge is -2.08. The summed E-state index contributed by atoms with van der Waals surface area (Å²) in [6.45, 7) is 6.16. The van der Waals surface area contributed by atoms with E-state index in [2.05, 4.69) is 16.9 Å². The number of benzene rings is 1. The van der Waals surface area contributed by atoms with Gasteiger partial charge in [0.15, 0.2) is 0 Å². The van der Waals surface area contributed by atoms with Crippen LogP contribution in [0.25, 0.3) is 0 Å². The molecule has 0 unspecified atom stereocenters. The molecule has 1 N–H and O–H groups in total. The van der Waals surface area contributed by atoms with Gasteiger partial charge in [-0.15, -0.1) is 6.58 Å². The Hall–Kier alpha value is -1.81. The fraction of sp³-hybridized carbons (Fsp3) is 0.154. The predicted molar refractivity (Wildman–Crippen MR) is 71.9 cm³/mol. The molecule has 18 heavy (non-hydrogen) atoms. The van der Waals surface area contributed by atoms with Crippen molar-refractivity contribution in [3.8, 4) is 0 Å². The van der Waals surface area contributed by atoms with Crippen molar-refractivity contribution < 1.29 is 4.39 Å². The van der Waals surface area contributed by atoms with Gasteiger partial charge in [-0.25, -0.2) is 9.37 Å². The lowest BCUT2D eigenvalue weighted by Crippen LogP contribution is -2.03. The van der Waals surface area contributed by atoms with E-state index >= 15 is 0 Å². The number of aryl methyl sites for hydroxylation is 1. The largest absolute Gasteiger partial charge is 0.323 e. The third-order valence-corrected chi connectivity index (χ3v) is 2.64. The highest BCUT2D eigenvalue weighted by molar-refractivity contribution is 6.30. The number of nitrogens with one attached hydrogen (secondary N) is 1. The van der Waals surface area contributed by atoms with Crippen LogP contribution in [0, 0.1) is 12.7 Å². The van der Waals surface area contributed by atoms with Crippen molar-refractivity contribution >= 4 is 23.2 Å². The maximum absolute atomic E-state index is 13.7. The number of hydrogen-bond donors (Lipinski definition) is 1. The second-order valence-corrected chi connectivity index (χ2v) is 4.33. The van der Waals surface area contributed by atoms with Crippen molar-refractivity contribution in [1.82, 2.24) is 9.55 Å². The summed E-state index contributed by atoms with van der Waals surface area (Å²) in [6, 6.07) is 4.47. The number of imidazole rings is 1. The lowest BCUT2D eigenvalue weighted by atomic mass is 10.3. The molecule has 0 saturated carbocycles. The number of anilines is 2. The zero-order valence-electron chi connectivity index (χ0n) is 9.95. The van der Waals surface area contributed by atoms with Gasteiger partial charge in [-0.2, -0.15) is 0 Å². The van der Waals surface area contributed by atoms with Gasteiger partial charge < -0.3 is 9.88 Å². The summed E-state index contributed by atoms with van der Waals surface area (Å²) in [5, 5.41) is 3.31. The van der Waals surface area contributed by atoms with Crippen LogP contribution in [-0.2, 0) is 6.54 Å². The molecule has 3 nitrogen and oxygen atoms in total. The average Bonchev–Trinajstić information content (AvgIpc) is 2.64. The summed E-state index contributed by atoms with van der Waals surface area (Å²) < 4.78 is 15.5. The van der Waals surface area contributed by atoms with Gasteiger partial charge in [0.1, 0.15) is 5.82 Å². The van der Waals surface area contributed by atoms with Crippen LogP contribution >= 0.6 is 11.6 Å². The van der Waals surface area contributed by atoms with Crippen molar-refractivity contribution in [2.75, 3.05) is 5.32 Å². The molecular weight excluding hydrogens is 253 g/mol. The Balaban J connectivity index is 2.30. The number of nitrogens with zero attached hydrogens (tertiary/aromatic N) is 2. The molecule has 0 saturated heterocycles. The normalized spacial score (nSPS) is 10.4. The molecule has 2 rings (SSSR count). The van der Waals surface area contributed by atoms with Gasteiger partial charge in [-0.3, -0.25) is 0 Å². The summed E-state index contributed by atoms with van der Waals surface area (Å²) in [5.41, 5.74) is 1.20. The van der Waals surface area contributed by atoms with Crippen LogP contribution in [0.5, 0.6) is 0 Å². The summed E-state index contributed by atoms with van der Waals surface area (Å²) in [6.07, 6.45) is 3.63. The quantitative estimate of drug-likeness (QED) is 0.850. The molecule has 5 heteroatoms. The molecule has 94 valence electrons. The van der Waals surface area contributed by atoms with Gasteiger partial charge >= 0.3 is 0 Å². The summed E-state index contributed by atoms with van der Waals surface area (Å²) in [5.74, 6) is 0.168. The zero-order chi connectivity index (χ0) is 13.1. The van der Waals surface area contributed by atoms with Gasteiger partial charge in [0.25, 0.3) is 0 Å². The molecule has 0 aliphatic carbocycles. The maximum Gasteiger partial charge on any atom is 0.207 e. The second-order valence-electron chi connectivity index (χ2n) is 3.90. The van der Waals surface area contributed by atoms with Crippen molar-refractivity contribution in [1.29, 1.82) is 0 Å². The fourth-order valence-electron chi connectivity index (χ4n) is 1.64. The summed E-state index contributed by atoms with van der Waals surface area (Å²) in [7, 11) is 0. The highest BCUT2D eigenvalue weighted by atomic mass is 35.5. The van der Waals surface area contributed by atoms with Crippen LogP contribution in [0.3, 0.4) is 0 Å². The number of halogens is 2. The molecule has 0 aliphatic rings. The molecule has 0 aliphatic heterocycles. The molecule has 1 aromatic carbocycles. The van der Waals surface area contributed by atoms with Crippen LogP contribution in [-0.4, -0.2) is 9.55 Å². The molecular formula is C13H13ClFN3. The minimum atomic E-state index is -0.409. The number of allylic oxidation sites excluding steroid dienone is 1. The van der Waals surface area contributed by atoms with E-state index in [9.17, 15) is 4.39 Å². The SMILES string of the molecule is C=CCn1cc(C)nc1Nc1ccc(Cl)cc1F. The van der Waals surface area contributed by atoms with Gasteiger partial charge in [0.2, 0.25) is 5.95 Å². The molecule has 0 atom stereocenters. The molecule has 0 fully saturated rings. The van der Waals surface area contributed by atoms with E-state index in [1.54, 1.807) is 18.2 Å². The first-order chi connectivity index (χ1) is 8.60. The lowest BCUT2D eigenvalue weighted by molar-refractivity contribution is 0.631. The van der Waals surface area contributed by atoms with Gasteiger partial charge in [0, 0.05) is 17.8 Å². The van der Waals surface area contributed by atoms with Crippen molar-refractivity contribution in [3.63, 3.8) is 0 Å². The highest BCUT2D eigenvalue weighted by Gasteiger charge is 2.08. The molecule has 0 radical (unpaired) electrons. The first kappa shape index (κ1) is 12.6. The van der Waals surface area contributed by atoms with E-state index in [1.165, 1.54) is 6.07 Å². The topological polar surface area (TPSA) is 29.9 Å². The maximum atomic E-state index is 13.7. The molecule has 1 heterocycles. The summed E-state index contributed by atoms with van der Waals surface area (Å²) >= 11 is 5.70. The predicted octanol–water partition coefficient (Wildman–Crippen LogP) is 3.91. The molecule has 0 amide bonds. The van der Waals surface area contributed by atoms with Gasteiger partial charge in [0.05, 0.1) is 11.4 Å². The number of rotatable bonds is 4. The first-order valence-corrected chi connectivity index (χ1v) is 5.84. The van der Waals surface area contributed by atoms with Crippen molar-refractivity contribution in [3.05, 3.63) is 53.6 Å². The second kappa shape index (κ2) is 5.23. The Kier molecular flexibility index (Phi) is 3.67. The number of aromatic nitrogens is 2. The highest BCUT2D eigenvalue weighted by Crippen LogP contribution is 2.22. The van der Waals surface area contributed by atoms with E-state index in [-0.39, 0.29) is 0 Å². The van der Waals surface area contributed by atoms with E-state index in [0.29, 0.717) is 23.2 Å². The van der Waals surface area contributed by atoms with Crippen molar-refractivity contribution in [2.45, 2.75) is 13.5 Å². The smallest absolute Gasteiger partial charge is 0.207 e. The van der Waals surface area contributed by atoms with Crippen molar-refractivity contribution in [2.24, 2.45) is 0 Å². The minimum Gasteiger partial charge on any atom is -0.323 e. The van der Waals surface area contributed by atoms with Crippen LogP contribution in [0.15, 0.2) is 37.1 Å². The standard InChI is InChI=1S/C13H13ClFN3/c1-3-6-18-8-9(2)16-13(18)17-12-5-4-10(14)7-11(12)15/h3-5,7-8H,1,6H2,2H3,(H,16,17). The van der Waals surface area contributed by atoms with Crippen LogP contribution < -0.4 is 5.32 Å². The monoisotopic (exact) mass is 265 g/mol. The molecule has 0 spiro atoms. The third-order valence-electron chi connectivity index (χ3n) is 2.40. The van der Waals surface area contributed by atoms with Crippen LogP contribution in [0.2, 0.25) is 5.02 Å². The van der Waals surface area contributed by atoms with E-state index in [4.69, 9.17) is 11.6 Å². The molecule has 2 aromatic rings. The Morgan fingerprint density at radius 3 is 3.00 bits per heavy atom. The average molecular weight is 266 g/mol. The zero-order valence-corrected chi connectivity index (χ0v) is 10.7. The van der Waals surface area contributed by atoms with Gasteiger partial charge in [-0.1, -0.05) is 17.7 Å². The van der Waals surface area contributed by atoms with E-state index < -0.39 is 5.82 Å². The van der Waals surface area contributed by atoms with E-state index in [0.717, 1.165) is 5.69 Å². The molecule has 1 aromatic heterocycles. The third kappa shape index (κ3) is 2.71. The minimum absolute atomic E-state index is 0.343. The van der Waals surface area contributed by atoms with Gasteiger partial charge in [-0.05, 0) is 25.1 Å². The van der Waals surface area contributed by atoms with Crippen LogP contribution in [0.4, 0.5) is 16.0 Å². The Morgan fingerprint density at radius 1 is 1.56 bits per heavy atom. The van der Waals surface area contributed by atoms with Crippen LogP contribution in [0.1, 0.15) is 5.69 Å². The Labute approximate surface area is 110 Å². The Bertz CT molecular complexity index is 578. The number of hydrogen-bond acceptors (Lipinski definition) is 2.